The van der Waals surface area contributed by atoms with Crippen molar-refractivity contribution in [2.45, 2.75) is 6.04 Å². The lowest BCUT2D eigenvalue weighted by molar-refractivity contribution is 0.809. The molecular weight excluding hydrogens is 235 g/mol. The number of hydrogen-bond donors (Lipinski definition) is 2. The largest absolute Gasteiger partial charge is 0.319 e. The third kappa shape index (κ3) is 2.68. The topological polar surface area (TPSA) is 67.6 Å². The van der Waals surface area contributed by atoms with Crippen LogP contribution in [0.3, 0.4) is 0 Å². The summed E-state index contributed by atoms with van der Waals surface area (Å²) in [6.45, 7) is 0. The first kappa shape index (κ1) is 12.0. The minimum atomic E-state index is -0.258. The number of hydrogen-bond acceptors (Lipinski definition) is 3. The van der Waals surface area contributed by atoms with E-state index in [2.05, 4.69) is 15.4 Å². The van der Waals surface area contributed by atoms with Crippen LogP contribution in [0.4, 0.5) is 0 Å². The molecule has 2 rings (SSSR count). The van der Waals surface area contributed by atoms with Crippen molar-refractivity contribution in [1.29, 1.82) is 0 Å². The third-order valence-corrected chi connectivity index (χ3v) is 2.23. The summed E-state index contributed by atoms with van der Waals surface area (Å²) in [6, 6.07) is 7.10. The van der Waals surface area contributed by atoms with E-state index in [9.17, 15) is 0 Å². The second kappa shape index (κ2) is 5.11. The molecular formula is C9H10Cl2N4. The first-order valence-electron chi connectivity index (χ1n) is 4.14. The Bertz CT molecular complexity index is 399. The van der Waals surface area contributed by atoms with Gasteiger partial charge in [-0.1, -0.05) is 23.7 Å². The van der Waals surface area contributed by atoms with Gasteiger partial charge in [-0.2, -0.15) is 15.4 Å². The maximum atomic E-state index is 5.95. The summed E-state index contributed by atoms with van der Waals surface area (Å²) in [5, 5.41) is 10.8. The second-order valence-electron chi connectivity index (χ2n) is 2.92. The number of rotatable bonds is 2. The van der Waals surface area contributed by atoms with Gasteiger partial charge in [0.2, 0.25) is 0 Å². The molecule has 0 fully saturated rings. The SMILES string of the molecule is Cl.NC(c1ccc(Cl)cc1)c1cn[nH]n1. The number of aromatic amines is 1. The Balaban J connectivity index is 0.00000112. The van der Waals surface area contributed by atoms with E-state index in [1.54, 1.807) is 18.3 Å². The lowest BCUT2D eigenvalue weighted by Gasteiger charge is -2.07. The molecule has 0 aliphatic carbocycles. The lowest BCUT2D eigenvalue weighted by Crippen LogP contribution is -2.12. The highest BCUT2D eigenvalue weighted by Gasteiger charge is 2.10. The number of benzene rings is 1. The fraction of sp³-hybridized carbons (Fsp3) is 0.111. The quantitative estimate of drug-likeness (QED) is 0.849. The van der Waals surface area contributed by atoms with Crippen molar-refractivity contribution in [2.75, 3.05) is 0 Å². The molecule has 4 nitrogen and oxygen atoms in total. The number of nitrogens with one attached hydrogen (secondary N) is 1. The Morgan fingerprint density at radius 3 is 2.47 bits per heavy atom. The minimum absolute atomic E-state index is 0. The summed E-state index contributed by atoms with van der Waals surface area (Å²) in [6.07, 6.45) is 1.61. The summed E-state index contributed by atoms with van der Waals surface area (Å²) in [4.78, 5) is 0. The molecule has 0 aliphatic heterocycles. The molecule has 1 unspecified atom stereocenters. The zero-order valence-corrected chi connectivity index (χ0v) is 9.29. The van der Waals surface area contributed by atoms with Gasteiger partial charge in [-0.3, -0.25) is 0 Å². The number of nitrogens with two attached hydrogens (primary N) is 1. The summed E-state index contributed by atoms with van der Waals surface area (Å²) >= 11 is 5.77. The van der Waals surface area contributed by atoms with E-state index in [-0.39, 0.29) is 18.4 Å². The molecule has 0 saturated heterocycles. The summed E-state index contributed by atoms with van der Waals surface area (Å²) in [7, 11) is 0. The Hall–Kier alpha value is -1.10. The van der Waals surface area contributed by atoms with Crippen molar-refractivity contribution in [2.24, 2.45) is 5.73 Å². The van der Waals surface area contributed by atoms with E-state index in [4.69, 9.17) is 17.3 Å². The van der Waals surface area contributed by atoms with Gasteiger partial charge in [0, 0.05) is 5.02 Å². The van der Waals surface area contributed by atoms with Gasteiger partial charge in [-0.15, -0.1) is 12.4 Å². The van der Waals surface area contributed by atoms with E-state index in [0.717, 1.165) is 5.56 Å². The van der Waals surface area contributed by atoms with E-state index in [1.165, 1.54) is 0 Å². The molecule has 1 aromatic carbocycles. The average Bonchev–Trinajstić information content (AvgIpc) is 2.71. The maximum absolute atomic E-state index is 5.95. The number of nitrogens with zero attached hydrogens (tertiary/aromatic N) is 2. The van der Waals surface area contributed by atoms with Gasteiger partial charge in [-0.05, 0) is 17.7 Å². The van der Waals surface area contributed by atoms with Crippen LogP contribution in [0.1, 0.15) is 17.3 Å². The Morgan fingerprint density at radius 2 is 1.93 bits per heavy atom. The van der Waals surface area contributed by atoms with E-state index in [1.807, 2.05) is 12.1 Å². The fourth-order valence-electron chi connectivity index (χ4n) is 1.20. The van der Waals surface area contributed by atoms with Crippen LogP contribution in [0.25, 0.3) is 0 Å². The Morgan fingerprint density at radius 1 is 1.27 bits per heavy atom. The standard InChI is InChI=1S/C9H9ClN4.ClH/c10-7-3-1-6(2-4-7)9(11)8-5-12-14-13-8;/h1-5,9H,11H2,(H,12,13,14);1H. The van der Waals surface area contributed by atoms with Gasteiger partial charge in [0.1, 0.15) is 5.69 Å². The first-order valence-corrected chi connectivity index (χ1v) is 4.52. The Labute approximate surface area is 98.2 Å². The Kier molecular flexibility index (Phi) is 4.08. The van der Waals surface area contributed by atoms with Gasteiger partial charge >= 0.3 is 0 Å². The van der Waals surface area contributed by atoms with Crippen LogP contribution in [0.5, 0.6) is 0 Å². The monoisotopic (exact) mass is 244 g/mol. The van der Waals surface area contributed by atoms with E-state index < -0.39 is 0 Å². The van der Waals surface area contributed by atoms with Crippen LogP contribution >= 0.6 is 24.0 Å². The molecule has 2 aromatic rings. The van der Waals surface area contributed by atoms with Crippen LogP contribution < -0.4 is 5.73 Å². The normalized spacial score (nSPS) is 11.9. The van der Waals surface area contributed by atoms with E-state index >= 15 is 0 Å². The summed E-state index contributed by atoms with van der Waals surface area (Å²) in [5.74, 6) is 0. The molecule has 6 heteroatoms. The van der Waals surface area contributed by atoms with Crippen molar-refractivity contribution in [1.82, 2.24) is 15.4 Å². The summed E-state index contributed by atoms with van der Waals surface area (Å²) < 4.78 is 0. The minimum Gasteiger partial charge on any atom is -0.319 e. The molecule has 0 radical (unpaired) electrons. The van der Waals surface area contributed by atoms with Gasteiger partial charge in [0.15, 0.2) is 0 Å². The lowest BCUT2D eigenvalue weighted by atomic mass is 10.1. The molecule has 1 atom stereocenters. The molecule has 0 saturated carbocycles. The molecule has 1 aromatic heterocycles. The molecule has 3 N–H and O–H groups in total. The average molecular weight is 245 g/mol. The highest BCUT2D eigenvalue weighted by atomic mass is 35.5. The molecule has 15 heavy (non-hydrogen) atoms. The van der Waals surface area contributed by atoms with Crippen molar-refractivity contribution in [3.8, 4) is 0 Å². The highest BCUT2D eigenvalue weighted by Crippen LogP contribution is 2.18. The van der Waals surface area contributed by atoms with Crippen LogP contribution in [0, 0.1) is 0 Å². The smallest absolute Gasteiger partial charge is 0.104 e. The second-order valence-corrected chi connectivity index (χ2v) is 3.36. The number of aromatic nitrogens is 3. The molecule has 0 bridgehead atoms. The molecule has 0 aliphatic rings. The van der Waals surface area contributed by atoms with Gasteiger partial charge in [-0.25, -0.2) is 0 Å². The van der Waals surface area contributed by atoms with Gasteiger partial charge in [0.05, 0.1) is 12.2 Å². The molecule has 80 valence electrons. The molecule has 0 amide bonds. The van der Waals surface area contributed by atoms with Gasteiger partial charge < -0.3 is 5.73 Å². The third-order valence-electron chi connectivity index (χ3n) is 1.98. The van der Waals surface area contributed by atoms with Crippen LogP contribution in [0.2, 0.25) is 5.02 Å². The van der Waals surface area contributed by atoms with Crippen molar-refractivity contribution in [3.05, 3.63) is 46.7 Å². The number of H-pyrrole nitrogens is 1. The molecule has 0 spiro atoms. The molecule has 1 heterocycles. The van der Waals surface area contributed by atoms with Crippen LogP contribution in [-0.2, 0) is 0 Å². The van der Waals surface area contributed by atoms with Crippen molar-refractivity contribution >= 4 is 24.0 Å². The van der Waals surface area contributed by atoms with Crippen molar-refractivity contribution in [3.63, 3.8) is 0 Å². The van der Waals surface area contributed by atoms with E-state index in [0.29, 0.717) is 10.7 Å². The van der Waals surface area contributed by atoms with Gasteiger partial charge in [0.25, 0.3) is 0 Å². The zero-order valence-electron chi connectivity index (χ0n) is 7.72. The predicted octanol–water partition coefficient (Wildman–Crippen LogP) is 1.93. The maximum Gasteiger partial charge on any atom is 0.104 e. The predicted molar refractivity (Wildman–Crippen MR) is 61.1 cm³/mol. The van der Waals surface area contributed by atoms with Crippen molar-refractivity contribution < 1.29 is 0 Å². The van der Waals surface area contributed by atoms with Crippen LogP contribution in [-0.4, -0.2) is 15.4 Å². The number of halogens is 2. The zero-order chi connectivity index (χ0) is 9.97. The highest BCUT2D eigenvalue weighted by molar-refractivity contribution is 6.30. The first-order chi connectivity index (χ1) is 6.77. The summed E-state index contributed by atoms with van der Waals surface area (Å²) in [5.41, 5.74) is 7.62. The van der Waals surface area contributed by atoms with Crippen LogP contribution in [0.15, 0.2) is 30.5 Å². The fourth-order valence-corrected chi connectivity index (χ4v) is 1.33.